The fourth-order valence-electron chi connectivity index (χ4n) is 1.74. The van der Waals surface area contributed by atoms with Crippen LogP contribution in [-0.4, -0.2) is 11.4 Å². The molecule has 1 amide bonds. The molecule has 0 unspecified atom stereocenters. The second kappa shape index (κ2) is 3.91. The van der Waals surface area contributed by atoms with Crippen LogP contribution in [0.4, 0.5) is 0 Å². The van der Waals surface area contributed by atoms with Crippen LogP contribution >= 0.6 is 27.3 Å². The van der Waals surface area contributed by atoms with Crippen molar-refractivity contribution in [1.29, 1.82) is 0 Å². The summed E-state index contributed by atoms with van der Waals surface area (Å²) in [7, 11) is 0. The molecule has 0 spiro atoms. The molecule has 1 aliphatic rings. The van der Waals surface area contributed by atoms with E-state index in [1.165, 1.54) is 17.8 Å². The normalized spacial score (nSPS) is 18.3. The van der Waals surface area contributed by atoms with Crippen molar-refractivity contribution < 1.29 is 4.79 Å². The summed E-state index contributed by atoms with van der Waals surface area (Å²) in [6.07, 6.45) is 3.43. The Bertz CT molecular complexity index is 376. The number of rotatable bonds is 2. The second-order valence-electron chi connectivity index (χ2n) is 4.44. The molecule has 1 aliphatic carbocycles. The first-order valence-electron chi connectivity index (χ1n) is 5.09. The van der Waals surface area contributed by atoms with Gasteiger partial charge in [0, 0.05) is 5.54 Å². The molecule has 1 aromatic heterocycles. The van der Waals surface area contributed by atoms with Crippen molar-refractivity contribution >= 4 is 33.2 Å². The van der Waals surface area contributed by atoms with E-state index in [1.54, 1.807) is 0 Å². The van der Waals surface area contributed by atoms with E-state index in [0.717, 1.165) is 27.1 Å². The first-order chi connectivity index (χ1) is 7.00. The van der Waals surface area contributed by atoms with Crippen molar-refractivity contribution in [3.63, 3.8) is 0 Å². The van der Waals surface area contributed by atoms with E-state index in [0.29, 0.717) is 0 Å². The van der Waals surface area contributed by atoms with Crippen molar-refractivity contribution in [2.45, 2.75) is 38.6 Å². The monoisotopic (exact) mass is 287 g/mol. The molecular formula is C11H14BrNOS. The Kier molecular flexibility index (Phi) is 2.90. The van der Waals surface area contributed by atoms with Gasteiger partial charge in [0.2, 0.25) is 0 Å². The fraction of sp³-hybridized carbons (Fsp3) is 0.545. The van der Waals surface area contributed by atoms with E-state index in [1.807, 2.05) is 13.0 Å². The highest BCUT2D eigenvalue weighted by Gasteiger charge is 2.33. The summed E-state index contributed by atoms with van der Waals surface area (Å²) >= 11 is 4.94. The van der Waals surface area contributed by atoms with Crippen LogP contribution in [0.15, 0.2) is 9.85 Å². The molecule has 0 aromatic carbocycles. The van der Waals surface area contributed by atoms with Crippen molar-refractivity contribution in [2.24, 2.45) is 0 Å². The Morgan fingerprint density at radius 3 is 2.67 bits per heavy atom. The SMILES string of the molecule is Cc1cc(C(=O)NC2(C)CCC2)sc1Br. The molecular weight excluding hydrogens is 274 g/mol. The third-order valence-electron chi connectivity index (χ3n) is 2.95. The molecule has 4 heteroatoms. The highest BCUT2D eigenvalue weighted by Crippen LogP contribution is 2.32. The van der Waals surface area contributed by atoms with E-state index in [-0.39, 0.29) is 11.4 Å². The van der Waals surface area contributed by atoms with Crippen molar-refractivity contribution in [3.05, 3.63) is 20.3 Å². The lowest BCUT2D eigenvalue weighted by Crippen LogP contribution is -2.50. The summed E-state index contributed by atoms with van der Waals surface area (Å²) in [5, 5.41) is 3.10. The van der Waals surface area contributed by atoms with Crippen LogP contribution < -0.4 is 5.32 Å². The highest BCUT2D eigenvalue weighted by molar-refractivity contribution is 9.11. The third-order valence-corrected chi connectivity index (χ3v) is 5.09. The molecule has 0 atom stereocenters. The summed E-state index contributed by atoms with van der Waals surface area (Å²) in [4.78, 5) is 12.7. The zero-order valence-corrected chi connectivity index (χ0v) is 11.3. The van der Waals surface area contributed by atoms with E-state index >= 15 is 0 Å². The fourth-order valence-corrected chi connectivity index (χ4v) is 3.17. The molecule has 1 aromatic rings. The zero-order chi connectivity index (χ0) is 11.1. The van der Waals surface area contributed by atoms with Crippen LogP contribution in [0.3, 0.4) is 0 Å². The number of nitrogens with one attached hydrogen (secondary N) is 1. The van der Waals surface area contributed by atoms with Crippen LogP contribution in [0.5, 0.6) is 0 Å². The van der Waals surface area contributed by atoms with Gasteiger partial charge in [-0.2, -0.15) is 0 Å². The maximum atomic E-state index is 11.9. The van der Waals surface area contributed by atoms with Gasteiger partial charge < -0.3 is 5.32 Å². The van der Waals surface area contributed by atoms with Crippen LogP contribution in [0.1, 0.15) is 41.4 Å². The zero-order valence-electron chi connectivity index (χ0n) is 8.89. The topological polar surface area (TPSA) is 29.1 Å². The average molecular weight is 288 g/mol. The maximum Gasteiger partial charge on any atom is 0.261 e. The van der Waals surface area contributed by atoms with Gasteiger partial charge in [-0.3, -0.25) is 4.79 Å². The summed E-state index contributed by atoms with van der Waals surface area (Å²) in [5.74, 6) is 0.0657. The van der Waals surface area contributed by atoms with Crippen LogP contribution in [-0.2, 0) is 0 Å². The van der Waals surface area contributed by atoms with E-state index < -0.39 is 0 Å². The lowest BCUT2D eigenvalue weighted by atomic mass is 9.78. The van der Waals surface area contributed by atoms with E-state index in [4.69, 9.17) is 0 Å². The Labute approximate surface area is 102 Å². The predicted octanol–water partition coefficient (Wildman–Crippen LogP) is 3.49. The van der Waals surface area contributed by atoms with Gasteiger partial charge in [0.05, 0.1) is 8.66 Å². The maximum absolute atomic E-state index is 11.9. The van der Waals surface area contributed by atoms with Crippen molar-refractivity contribution in [3.8, 4) is 0 Å². The number of carbonyl (C=O) groups is 1. The molecule has 1 saturated carbocycles. The number of hydrogen-bond donors (Lipinski definition) is 1. The van der Waals surface area contributed by atoms with Crippen LogP contribution in [0.2, 0.25) is 0 Å². The lowest BCUT2D eigenvalue weighted by Gasteiger charge is -2.38. The first-order valence-corrected chi connectivity index (χ1v) is 6.70. The lowest BCUT2D eigenvalue weighted by molar-refractivity contribution is 0.0854. The smallest absolute Gasteiger partial charge is 0.261 e. The summed E-state index contributed by atoms with van der Waals surface area (Å²) in [5.41, 5.74) is 1.17. The number of thiophene rings is 1. The number of carbonyl (C=O) groups excluding carboxylic acids is 1. The Morgan fingerprint density at radius 1 is 1.60 bits per heavy atom. The van der Waals surface area contributed by atoms with Crippen LogP contribution in [0, 0.1) is 6.92 Å². The molecule has 82 valence electrons. The van der Waals surface area contributed by atoms with Gasteiger partial charge in [0.15, 0.2) is 0 Å². The van der Waals surface area contributed by atoms with Gasteiger partial charge >= 0.3 is 0 Å². The molecule has 0 aliphatic heterocycles. The van der Waals surface area contributed by atoms with Crippen molar-refractivity contribution in [2.75, 3.05) is 0 Å². The molecule has 1 heterocycles. The summed E-state index contributed by atoms with van der Waals surface area (Å²) in [6.45, 7) is 4.12. The van der Waals surface area contributed by atoms with Gasteiger partial charge in [-0.05, 0) is 60.7 Å². The minimum Gasteiger partial charge on any atom is -0.346 e. The van der Waals surface area contributed by atoms with Gasteiger partial charge in [-0.1, -0.05) is 0 Å². The Morgan fingerprint density at radius 2 is 2.27 bits per heavy atom. The molecule has 2 nitrogen and oxygen atoms in total. The van der Waals surface area contributed by atoms with Crippen molar-refractivity contribution in [1.82, 2.24) is 5.32 Å². The van der Waals surface area contributed by atoms with E-state index in [2.05, 4.69) is 28.2 Å². The van der Waals surface area contributed by atoms with Crippen LogP contribution in [0.25, 0.3) is 0 Å². The Balaban J connectivity index is 2.07. The molecule has 0 bridgehead atoms. The minimum absolute atomic E-state index is 0.0431. The van der Waals surface area contributed by atoms with Gasteiger partial charge in [-0.25, -0.2) is 0 Å². The van der Waals surface area contributed by atoms with Gasteiger partial charge in [0.25, 0.3) is 5.91 Å². The first kappa shape index (κ1) is 11.1. The second-order valence-corrected chi connectivity index (χ2v) is 6.81. The summed E-state index contributed by atoms with van der Waals surface area (Å²) in [6, 6.07) is 1.94. The Hall–Kier alpha value is -0.350. The largest absolute Gasteiger partial charge is 0.346 e. The number of hydrogen-bond acceptors (Lipinski definition) is 2. The quantitative estimate of drug-likeness (QED) is 0.886. The summed E-state index contributed by atoms with van der Waals surface area (Å²) < 4.78 is 1.05. The average Bonchev–Trinajstić information content (AvgIpc) is 2.44. The highest BCUT2D eigenvalue weighted by atomic mass is 79.9. The van der Waals surface area contributed by atoms with Gasteiger partial charge in [0.1, 0.15) is 0 Å². The molecule has 1 N–H and O–H groups in total. The number of halogens is 1. The molecule has 1 fully saturated rings. The molecule has 0 radical (unpaired) electrons. The number of amides is 1. The van der Waals surface area contributed by atoms with Gasteiger partial charge in [-0.15, -0.1) is 11.3 Å². The number of aryl methyl sites for hydroxylation is 1. The van der Waals surface area contributed by atoms with E-state index in [9.17, 15) is 4.79 Å². The molecule has 2 rings (SSSR count). The standard InChI is InChI=1S/C11H14BrNOS/c1-7-6-8(15-9(7)12)10(14)13-11(2)4-3-5-11/h6H,3-5H2,1-2H3,(H,13,14). The molecule has 15 heavy (non-hydrogen) atoms. The predicted molar refractivity (Wildman–Crippen MR) is 66.5 cm³/mol. The third kappa shape index (κ3) is 2.26. The minimum atomic E-state index is 0.0431. The molecule has 0 saturated heterocycles.